The number of amides is 2. The van der Waals surface area contributed by atoms with E-state index in [1.807, 2.05) is 0 Å². The Morgan fingerprint density at radius 3 is 2.95 bits per heavy atom. The first-order chi connectivity index (χ1) is 10.6. The molecule has 2 aromatic rings. The van der Waals surface area contributed by atoms with Crippen LogP contribution in [-0.4, -0.2) is 39.0 Å². The van der Waals surface area contributed by atoms with Gasteiger partial charge in [-0.15, -0.1) is 10.2 Å². The zero-order chi connectivity index (χ0) is 15.5. The van der Waals surface area contributed by atoms with Crippen LogP contribution in [0.25, 0.3) is 0 Å². The maximum Gasteiger partial charge on any atom is 0.279 e. The van der Waals surface area contributed by atoms with E-state index in [1.54, 1.807) is 6.92 Å². The van der Waals surface area contributed by atoms with Gasteiger partial charge in [-0.25, -0.2) is 0 Å². The van der Waals surface area contributed by atoms with E-state index in [1.165, 1.54) is 29.2 Å². The number of nitrogens with zero attached hydrogens (tertiary/aromatic N) is 3. The Balaban J connectivity index is 1.50. The standard InChI is InChI=1S/C12H13N5O3S2/c1-6-4-8(17-20-6)10(19)14-11-15-16-12(22-11)21-5-9(18)13-7-2-3-7/h4,7H,2-3,5H2,1H3,(H,13,18)(H,14,15,19). The molecule has 0 spiro atoms. The quantitative estimate of drug-likeness (QED) is 0.605. The Labute approximate surface area is 134 Å². The highest BCUT2D eigenvalue weighted by atomic mass is 32.2. The van der Waals surface area contributed by atoms with Crippen molar-refractivity contribution in [2.24, 2.45) is 0 Å². The predicted molar refractivity (Wildman–Crippen MR) is 81.0 cm³/mol. The van der Waals surface area contributed by atoms with E-state index in [-0.39, 0.29) is 11.6 Å². The van der Waals surface area contributed by atoms with E-state index in [2.05, 4.69) is 26.0 Å². The molecule has 0 saturated heterocycles. The maximum absolute atomic E-state index is 11.9. The van der Waals surface area contributed by atoms with Crippen LogP contribution < -0.4 is 10.6 Å². The lowest BCUT2D eigenvalue weighted by molar-refractivity contribution is -0.118. The minimum absolute atomic E-state index is 0.00800. The number of carbonyl (C=O) groups is 2. The van der Waals surface area contributed by atoms with Gasteiger partial charge in [-0.1, -0.05) is 28.3 Å². The van der Waals surface area contributed by atoms with Crippen molar-refractivity contribution < 1.29 is 14.1 Å². The van der Waals surface area contributed by atoms with Crippen molar-refractivity contribution in [2.45, 2.75) is 30.1 Å². The fourth-order valence-electron chi connectivity index (χ4n) is 1.58. The van der Waals surface area contributed by atoms with Gasteiger partial charge in [0.15, 0.2) is 10.0 Å². The van der Waals surface area contributed by atoms with Crippen molar-refractivity contribution in [3.05, 3.63) is 17.5 Å². The molecule has 116 valence electrons. The number of rotatable bonds is 6. The lowest BCUT2D eigenvalue weighted by Gasteiger charge is -2.00. The zero-order valence-corrected chi connectivity index (χ0v) is 13.3. The number of carbonyl (C=O) groups excluding carboxylic acids is 2. The van der Waals surface area contributed by atoms with Crippen molar-refractivity contribution in [3.63, 3.8) is 0 Å². The first-order valence-electron chi connectivity index (χ1n) is 6.60. The molecule has 0 atom stereocenters. The molecule has 2 amide bonds. The highest BCUT2D eigenvalue weighted by molar-refractivity contribution is 8.01. The van der Waals surface area contributed by atoms with Crippen LogP contribution >= 0.6 is 23.1 Å². The van der Waals surface area contributed by atoms with E-state index in [9.17, 15) is 9.59 Å². The molecule has 8 nitrogen and oxygen atoms in total. The first kappa shape index (κ1) is 15.0. The van der Waals surface area contributed by atoms with Gasteiger partial charge < -0.3 is 9.84 Å². The summed E-state index contributed by atoms with van der Waals surface area (Å²) in [7, 11) is 0. The molecular formula is C12H13N5O3S2. The molecule has 1 saturated carbocycles. The largest absolute Gasteiger partial charge is 0.361 e. The van der Waals surface area contributed by atoms with Gasteiger partial charge in [0.05, 0.1) is 5.75 Å². The number of thioether (sulfide) groups is 1. The van der Waals surface area contributed by atoms with Crippen LogP contribution in [0.3, 0.4) is 0 Å². The normalized spacial score (nSPS) is 13.9. The monoisotopic (exact) mass is 339 g/mol. The van der Waals surface area contributed by atoms with Crippen molar-refractivity contribution in [1.82, 2.24) is 20.7 Å². The summed E-state index contributed by atoms with van der Waals surface area (Å²) in [6.45, 7) is 1.70. The summed E-state index contributed by atoms with van der Waals surface area (Å²) in [5.74, 6) is 0.435. The second-order valence-electron chi connectivity index (χ2n) is 4.78. The average molecular weight is 339 g/mol. The maximum atomic E-state index is 11.9. The Bertz CT molecular complexity index is 695. The highest BCUT2D eigenvalue weighted by Crippen LogP contribution is 2.26. The minimum Gasteiger partial charge on any atom is -0.361 e. The summed E-state index contributed by atoms with van der Waals surface area (Å²) >= 11 is 2.50. The summed E-state index contributed by atoms with van der Waals surface area (Å²) < 4.78 is 5.46. The molecule has 1 fully saturated rings. The molecule has 10 heteroatoms. The van der Waals surface area contributed by atoms with Gasteiger partial charge >= 0.3 is 0 Å². The fourth-order valence-corrected chi connectivity index (χ4v) is 3.14. The van der Waals surface area contributed by atoms with Crippen LogP contribution in [0.1, 0.15) is 29.1 Å². The molecule has 2 heterocycles. The fraction of sp³-hybridized carbons (Fsp3) is 0.417. The molecule has 0 aliphatic heterocycles. The van der Waals surface area contributed by atoms with E-state index >= 15 is 0 Å². The van der Waals surface area contributed by atoms with Crippen LogP contribution in [0.15, 0.2) is 14.9 Å². The summed E-state index contributed by atoms with van der Waals surface area (Å²) in [5.41, 5.74) is 0.186. The molecular weight excluding hydrogens is 326 g/mol. The molecule has 0 radical (unpaired) electrons. The number of hydrogen-bond donors (Lipinski definition) is 2. The molecule has 2 N–H and O–H groups in total. The second-order valence-corrected chi connectivity index (χ2v) is 6.98. The van der Waals surface area contributed by atoms with Crippen LogP contribution in [0.2, 0.25) is 0 Å². The molecule has 0 unspecified atom stereocenters. The summed E-state index contributed by atoms with van der Waals surface area (Å²) in [5, 5.41) is 17.3. The molecule has 1 aliphatic rings. The van der Waals surface area contributed by atoms with Gasteiger partial charge in [0.25, 0.3) is 5.91 Å². The topological polar surface area (TPSA) is 110 Å². The van der Waals surface area contributed by atoms with Crippen molar-refractivity contribution in [1.29, 1.82) is 0 Å². The Hall–Kier alpha value is -1.94. The Morgan fingerprint density at radius 2 is 2.27 bits per heavy atom. The van der Waals surface area contributed by atoms with E-state index < -0.39 is 5.91 Å². The van der Waals surface area contributed by atoms with Gasteiger partial charge in [-0.3, -0.25) is 14.9 Å². The number of aryl methyl sites for hydroxylation is 1. The average Bonchev–Trinajstić information content (AvgIpc) is 2.99. The molecule has 2 aromatic heterocycles. The summed E-state index contributed by atoms with van der Waals surface area (Å²) in [4.78, 5) is 23.4. The number of hydrogen-bond acceptors (Lipinski definition) is 8. The lowest BCUT2D eigenvalue weighted by Crippen LogP contribution is -2.26. The Kier molecular flexibility index (Phi) is 4.39. The number of anilines is 1. The van der Waals surface area contributed by atoms with Gasteiger partial charge in [-0.05, 0) is 19.8 Å². The minimum atomic E-state index is -0.406. The van der Waals surface area contributed by atoms with Crippen molar-refractivity contribution in [3.8, 4) is 0 Å². The lowest BCUT2D eigenvalue weighted by atomic mass is 10.4. The van der Waals surface area contributed by atoms with Crippen LogP contribution in [0.4, 0.5) is 5.13 Å². The van der Waals surface area contributed by atoms with Gasteiger partial charge in [0, 0.05) is 12.1 Å². The molecule has 0 bridgehead atoms. The van der Waals surface area contributed by atoms with Crippen molar-refractivity contribution >= 4 is 40.0 Å². The Morgan fingerprint density at radius 1 is 1.45 bits per heavy atom. The van der Waals surface area contributed by atoms with E-state index in [0.717, 1.165) is 12.8 Å². The van der Waals surface area contributed by atoms with Crippen LogP contribution in [0, 0.1) is 6.92 Å². The smallest absolute Gasteiger partial charge is 0.279 e. The SMILES string of the molecule is Cc1cc(C(=O)Nc2nnc(SCC(=O)NC3CC3)s2)no1. The summed E-state index contributed by atoms with van der Waals surface area (Å²) in [6.07, 6.45) is 2.12. The van der Waals surface area contributed by atoms with Gasteiger partial charge in [0.2, 0.25) is 11.0 Å². The highest BCUT2D eigenvalue weighted by Gasteiger charge is 2.23. The second kappa shape index (κ2) is 6.44. The molecule has 22 heavy (non-hydrogen) atoms. The van der Waals surface area contributed by atoms with Crippen LogP contribution in [-0.2, 0) is 4.79 Å². The van der Waals surface area contributed by atoms with Gasteiger partial charge in [-0.2, -0.15) is 0 Å². The molecule has 3 rings (SSSR count). The first-order valence-corrected chi connectivity index (χ1v) is 8.40. The number of nitrogens with one attached hydrogen (secondary N) is 2. The van der Waals surface area contributed by atoms with E-state index in [0.29, 0.717) is 27.0 Å². The third kappa shape index (κ3) is 4.04. The predicted octanol–water partition coefficient (Wildman–Crippen LogP) is 1.46. The molecule has 1 aliphatic carbocycles. The van der Waals surface area contributed by atoms with Crippen molar-refractivity contribution in [2.75, 3.05) is 11.1 Å². The zero-order valence-electron chi connectivity index (χ0n) is 11.7. The van der Waals surface area contributed by atoms with Crippen LogP contribution in [0.5, 0.6) is 0 Å². The third-order valence-electron chi connectivity index (χ3n) is 2.76. The van der Waals surface area contributed by atoms with E-state index in [4.69, 9.17) is 4.52 Å². The molecule has 0 aromatic carbocycles. The van der Waals surface area contributed by atoms with Gasteiger partial charge in [0.1, 0.15) is 5.76 Å². The summed E-state index contributed by atoms with van der Waals surface area (Å²) in [6, 6.07) is 1.89. The number of aromatic nitrogens is 3. The third-order valence-corrected chi connectivity index (χ3v) is 4.73.